The third kappa shape index (κ3) is 3.30. The third-order valence-corrected chi connectivity index (χ3v) is 7.94. The molecule has 1 aliphatic carbocycles. The van der Waals surface area contributed by atoms with Crippen molar-refractivity contribution in [3.8, 4) is 5.75 Å². The van der Waals surface area contributed by atoms with Crippen LogP contribution < -0.4 is 4.74 Å². The van der Waals surface area contributed by atoms with Crippen LogP contribution in [0.4, 0.5) is 0 Å². The maximum absolute atomic E-state index is 6.76. The largest absolute Gasteiger partial charge is 0.466 e. The van der Waals surface area contributed by atoms with Gasteiger partial charge in [0, 0.05) is 24.8 Å². The molecule has 32 heavy (non-hydrogen) atoms. The van der Waals surface area contributed by atoms with Crippen LogP contribution in [0.15, 0.2) is 77.9 Å². The monoisotopic (exact) mass is 462 g/mol. The molecule has 1 atom stereocenters. The van der Waals surface area contributed by atoms with Crippen LogP contribution in [0.5, 0.6) is 5.75 Å². The number of hydrogen-bond acceptors (Lipinski definition) is 3. The van der Waals surface area contributed by atoms with Gasteiger partial charge in [-0.2, -0.15) is 5.10 Å². The summed E-state index contributed by atoms with van der Waals surface area (Å²) >= 11 is 12.5. The number of hydrazone groups is 1. The summed E-state index contributed by atoms with van der Waals surface area (Å²) in [4.78, 5) is 0. The van der Waals surface area contributed by atoms with Crippen LogP contribution in [0, 0.1) is 0 Å². The summed E-state index contributed by atoms with van der Waals surface area (Å²) in [6.07, 6.45) is 4.92. The van der Waals surface area contributed by atoms with Crippen LogP contribution in [0.25, 0.3) is 0 Å². The lowest BCUT2D eigenvalue weighted by Crippen LogP contribution is -2.55. The van der Waals surface area contributed by atoms with Gasteiger partial charge in [-0.25, -0.2) is 5.01 Å². The van der Waals surface area contributed by atoms with Crippen LogP contribution >= 0.6 is 23.2 Å². The van der Waals surface area contributed by atoms with Crippen molar-refractivity contribution in [2.45, 2.75) is 49.8 Å². The van der Waals surface area contributed by atoms with Crippen molar-refractivity contribution < 1.29 is 4.74 Å². The van der Waals surface area contributed by atoms with Crippen LogP contribution in [-0.2, 0) is 0 Å². The number of fused-ring (bicyclic) bond motifs is 4. The average Bonchev–Trinajstić information content (AvgIpc) is 3.29. The zero-order valence-electron chi connectivity index (χ0n) is 17.7. The second-order valence-electron chi connectivity index (χ2n) is 9.01. The second kappa shape index (κ2) is 7.83. The second-order valence-corrected chi connectivity index (χ2v) is 9.83. The smallest absolute Gasteiger partial charge is 0.198 e. The van der Waals surface area contributed by atoms with Gasteiger partial charge in [0.15, 0.2) is 5.72 Å². The Bertz CT molecular complexity index is 1190. The number of nitrogens with zero attached hydrogens (tertiary/aromatic N) is 2. The highest BCUT2D eigenvalue weighted by molar-refractivity contribution is 6.42. The van der Waals surface area contributed by atoms with Gasteiger partial charge in [-0.15, -0.1) is 0 Å². The molecule has 3 aliphatic rings. The van der Waals surface area contributed by atoms with Crippen molar-refractivity contribution in [2.24, 2.45) is 5.10 Å². The van der Waals surface area contributed by atoms with E-state index in [1.165, 1.54) is 11.1 Å². The van der Waals surface area contributed by atoms with Crippen molar-refractivity contribution in [1.29, 1.82) is 0 Å². The number of hydrogen-bond donors (Lipinski definition) is 0. The molecule has 3 nitrogen and oxygen atoms in total. The lowest BCUT2D eigenvalue weighted by Gasteiger charge is -2.50. The minimum atomic E-state index is -0.401. The number of ether oxygens (including phenoxy) is 1. The van der Waals surface area contributed by atoms with Gasteiger partial charge < -0.3 is 4.74 Å². The fraction of sp³-hybridized carbons (Fsp3) is 0.296. The van der Waals surface area contributed by atoms with Crippen LogP contribution in [0.2, 0.25) is 10.0 Å². The Labute approximate surface area is 198 Å². The van der Waals surface area contributed by atoms with E-state index in [-0.39, 0.29) is 6.04 Å². The van der Waals surface area contributed by atoms with Crippen molar-refractivity contribution in [2.75, 3.05) is 0 Å². The molecule has 0 bridgehead atoms. The maximum Gasteiger partial charge on any atom is 0.198 e. The molecule has 162 valence electrons. The number of benzene rings is 3. The van der Waals surface area contributed by atoms with Crippen molar-refractivity contribution in [3.05, 3.63) is 99.5 Å². The summed E-state index contributed by atoms with van der Waals surface area (Å²) in [5, 5.41) is 8.53. The predicted octanol–water partition coefficient (Wildman–Crippen LogP) is 7.59. The van der Waals surface area contributed by atoms with Gasteiger partial charge in [0.2, 0.25) is 0 Å². The first-order valence-electron chi connectivity index (χ1n) is 11.3. The molecule has 2 heterocycles. The molecule has 1 saturated carbocycles. The molecule has 0 amide bonds. The Morgan fingerprint density at radius 1 is 0.875 bits per heavy atom. The van der Waals surface area contributed by atoms with E-state index in [2.05, 4.69) is 59.6 Å². The highest BCUT2D eigenvalue weighted by Gasteiger charge is 2.52. The highest BCUT2D eigenvalue weighted by Crippen LogP contribution is 2.53. The van der Waals surface area contributed by atoms with Gasteiger partial charge in [-0.1, -0.05) is 77.8 Å². The van der Waals surface area contributed by atoms with Gasteiger partial charge in [-0.3, -0.25) is 0 Å². The van der Waals surface area contributed by atoms with Crippen LogP contribution in [-0.4, -0.2) is 16.4 Å². The summed E-state index contributed by atoms with van der Waals surface area (Å²) < 4.78 is 6.76. The standard InChI is InChI=1S/C27H24Cl2N2O/c28-22-11-10-20(16-23(22)29)24-17-25-21-8-4-5-9-26(21)32-27(31(25)30-24)14-12-19(13-15-27)18-6-2-1-3-7-18/h1-11,16,19,25H,12-15,17H2/t19?,25-,27?/m0/s1. The van der Waals surface area contributed by atoms with Gasteiger partial charge >= 0.3 is 0 Å². The van der Waals surface area contributed by atoms with E-state index in [0.717, 1.165) is 49.1 Å². The first-order chi connectivity index (χ1) is 15.6. The molecule has 2 aliphatic heterocycles. The van der Waals surface area contributed by atoms with Gasteiger partial charge in [0.1, 0.15) is 5.75 Å². The lowest BCUT2D eigenvalue weighted by molar-refractivity contribution is -0.142. The summed E-state index contributed by atoms with van der Waals surface area (Å²) in [5.41, 5.74) is 4.30. The van der Waals surface area contributed by atoms with Gasteiger partial charge in [0.05, 0.1) is 21.8 Å². The Hall–Kier alpha value is -2.49. The van der Waals surface area contributed by atoms with Crippen LogP contribution in [0.1, 0.15) is 60.8 Å². The molecule has 1 fully saturated rings. The highest BCUT2D eigenvalue weighted by atomic mass is 35.5. The predicted molar refractivity (Wildman–Crippen MR) is 130 cm³/mol. The van der Waals surface area contributed by atoms with Crippen molar-refractivity contribution in [1.82, 2.24) is 5.01 Å². The molecular formula is C27H24Cl2N2O. The first kappa shape index (κ1) is 20.1. The van der Waals surface area contributed by atoms with Crippen LogP contribution in [0.3, 0.4) is 0 Å². The summed E-state index contributed by atoms with van der Waals surface area (Å²) in [6.45, 7) is 0. The maximum atomic E-state index is 6.76. The Morgan fingerprint density at radius 3 is 2.41 bits per heavy atom. The summed E-state index contributed by atoms with van der Waals surface area (Å²) in [7, 11) is 0. The number of halogens is 2. The molecule has 0 N–H and O–H groups in total. The summed E-state index contributed by atoms with van der Waals surface area (Å²) in [5.74, 6) is 1.57. The molecule has 5 heteroatoms. The van der Waals surface area contributed by atoms with E-state index in [4.69, 9.17) is 33.0 Å². The van der Waals surface area contributed by atoms with E-state index in [0.29, 0.717) is 16.0 Å². The topological polar surface area (TPSA) is 24.8 Å². The molecule has 1 spiro atoms. The number of para-hydroxylation sites is 1. The number of rotatable bonds is 2. The Kier molecular flexibility index (Phi) is 4.93. The molecule has 0 aromatic heterocycles. The Balaban J connectivity index is 1.35. The minimum Gasteiger partial charge on any atom is -0.466 e. The zero-order valence-corrected chi connectivity index (χ0v) is 19.2. The van der Waals surface area contributed by atoms with Crippen molar-refractivity contribution in [3.63, 3.8) is 0 Å². The Morgan fingerprint density at radius 2 is 1.62 bits per heavy atom. The van der Waals surface area contributed by atoms with E-state index >= 15 is 0 Å². The molecule has 6 rings (SSSR count). The van der Waals surface area contributed by atoms with Gasteiger partial charge in [-0.05, 0) is 48.1 Å². The molecule has 0 unspecified atom stereocenters. The van der Waals surface area contributed by atoms with E-state index in [9.17, 15) is 0 Å². The summed E-state index contributed by atoms with van der Waals surface area (Å²) in [6, 6.07) is 25.2. The average molecular weight is 463 g/mol. The normalized spacial score (nSPS) is 26.3. The molecule has 3 aromatic rings. The first-order valence-corrected chi connectivity index (χ1v) is 12.0. The van der Waals surface area contributed by atoms with E-state index in [1.54, 1.807) is 0 Å². The molecule has 0 saturated heterocycles. The fourth-order valence-electron chi connectivity index (χ4n) is 5.54. The third-order valence-electron chi connectivity index (χ3n) is 7.20. The molecular weight excluding hydrogens is 439 g/mol. The van der Waals surface area contributed by atoms with Crippen molar-refractivity contribution >= 4 is 28.9 Å². The zero-order chi connectivity index (χ0) is 21.7. The quantitative estimate of drug-likeness (QED) is 0.391. The minimum absolute atomic E-state index is 0.178. The molecule has 3 aromatic carbocycles. The SMILES string of the molecule is Clc1ccc(C2=NN3[C@@H](C2)c2ccccc2OC32CCC(c3ccccc3)CC2)cc1Cl. The fourth-order valence-corrected chi connectivity index (χ4v) is 5.84. The lowest BCUT2D eigenvalue weighted by atomic mass is 9.78. The van der Waals surface area contributed by atoms with E-state index < -0.39 is 5.72 Å². The van der Waals surface area contributed by atoms with Gasteiger partial charge in [0.25, 0.3) is 0 Å². The van der Waals surface area contributed by atoms with E-state index in [1.807, 2.05) is 18.2 Å². The molecule has 0 radical (unpaired) electrons.